The number of sulfonamides is 1. The van der Waals surface area contributed by atoms with Crippen LogP contribution in [0.4, 0.5) is 5.69 Å². The van der Waals surface area contributed by atoms with Gasteiger partial charge in [0.05, 0.1) is 17.7 Å². The van der Waals surface area contributed by atoms with Crippen LogP contribution in [0.5, 0.6) is 5.75 Å². The number of anilines is 1. The van der Waals surface area contributed by atoms with Gasteiger partial charge >= 0.3 is 0 Å². The fourth-order valence-electron chi connectivity index (χ4n) is 2.84. The van der Waals surface area contributed by atoms with Crippen LogP contribution < -0.4 is 14.4 Å². The van der Waals surface area contributed by atoms with E-state index < -0.39 is 10.0 Å². The third-order valence-electron chi connectivity index (χ3n) is 4.58. The highest BCUT2D eigenvalue weighted by atomic mass is 32.2. The maximum Gasteiger partial charge on any atom is 0.264 e. The molecule has 0 saturated carbocycles. The first-order valence-electron chi connectivity index (χ1n) is 9.33. The van der Waals surface area contributed by atoms with Gasteiger partial charge in [-0.25, -0.2) is 8.42 Å². The van der Waals surface area contributed by atoms with Gasteiger partial charge in [0.2, 0.25) is 0 Å². The molecule has 0 unspecified atom stereocenters. The van der Waals surface area contributed by atoms with Crippen molar-refractivity contribution in [3.8, 4) is 5.75 Å². The monoisotopic (exact) mass is 425 g/mol. The number of methoxy groups -OCH3 is 1. The number of carbonyl (C=O) groups excluding carboxylic acids is 1. The molecular weight excluding hydrogens is 402 g/mol. The van der Waals surface area contributed by atoms with Crippen LogP contribution in [0.3, 0.4) is 0 Å². The van der Waals surface area contributed by atoms with Gasteiger partial charge in [0.25, 0.3) is 15.9 Å². The SMILES string of the molecule is COc1ccc(N(C)S(=O)(=O)c2cccc(C(=O)NCCc3ccccn3)c2)cc1. The Labute approximate surface area is 176 Å². The minimum absolute atomic E-state index is 0.0400. The van der Waals surface area contributed by atoms with Gasteiger partial charge in [-0.3, -0.25) is 14.1 Å². The van der Waals surface area contributed by atoms with Crippen LogP contribution in [0, 0.1) is 0 Å². The highest BCUT2D eigenvalue weighted by Gasteiger charge is 2.22. The summed E-state index contributed by atoms with van der Waals surface area (Å²) in [6.45, 7) is 0.401. The van der Waals surface area contributed by atoms with E-state index in [9.17, 15) is 13.2 Å². The van der Waals surface area contributed by atoms with Crippen LogP contribution in [-0.4, -0.2) is 40.0 Å². The number of hydrogen-bond donors (Lipinski definition) is 1. The first-order valence-corrected chi connectivity index (χ1v) is 10.8. The number of ether oxygens (including phenoxy) is 1. The second-order valence-electron chi connectivity index (χ2n) is 6.53. The maximum atomic E-state index is 13.0. The smallest absolute Gasteiger partial charge is 0.264 e. The summed E-state index contributed by atoms with van der Waals surface area (Å²) in [5.41, 5.74) is 1.64. The maximum absolute atomic E-state index is 13.0. The van der Waals surface area contributed by atoms with Gasteiger partial charge < -0.3 is 10.1 Å². The molecule has 0 aliphatic rings. The predicted molar refractivity (Wildman–Crippen MR) is 115 cm³/mol. The summed E-state index contributed by atoms with van der Waals surface area (Å²) in [4.78, 5) is 16.7. The summed E-state index contributed by atoms with van der Waals surface area (Å²) in [7, 11) is -0.816. The van der Waals surface area contributed by atoms with Crippen molar-refractivity contribution < 1.29 is 17.9 Å². The van der Waals surface area contributed by atoms with E-state index in [1.54, 1.807) is 49.7 Å². The Morgan fingerprint density at radius 2 is 1.83 bits per heavy atom. The van der Waals surface area contributed by atoms with E-state index in [-0.39, 0.29) is 16.4 Å². The molecule has 156 valence electrons. The van der Waals surface area contributed by atoms with Crippen LogP contribution in [0.2, 0.25) is 0 Å². The molecule has 1 N–H and O–H groups in total. The van der Waals surface area contributed by atoms with Gasteiger partial charge in [-0.15, -0.1) is 0 Å². The van der Waals surface area contributed by atoms with Crippen molar-refractivity contribution in [1.82, 2.24) is 10.3 Å². The van der Waals surface area contributed by atoms with Crippen molar-refractivity contribution in [2.75, 3.05) is 25.0 Å². The lowest BCUT2D eigenvalue weighted by molar-refractivity contribution is 0.0954. The quantitative estimate of drug-likeness (QED) is 0.600. The van der Waals surface area contributed by atoms with Crippen molar-refractivity contribution in [2.45, 2.75) is 11.3 Å². The molecule has 0 fully saturated rings. The summed E-state index contributed by atoms with van der Waals surface area (Å²) >= 11 is 0. The van der Waals surface area contributed by atoms with Crippen LogP contribution in [0.1, 0.15) is 16.1 Å². The summed E-state index contributed by atoms with van der Waals surface area (Å²) in [6, 6.07) is 18.3. The van der Waals surface area contributed by atoms with E-state index in [4.69, 9.17) is 4.74 Å². The minimum atomic E-state index is -3.83. The molecule has 0 aliphatic carbocycles. The van der Waals surface area contributed by atoms with Crippen molar-refractivity contribution in [3.63, 3.8) is 0 Å². The van der Waals surface area contributed by atoms with Crippen molar-refractivity contribution in [3.05, 3.63) is 84.2 Å². The molecule has 0 spiro atoms. The average Bonchev–Trinajstić information content (AvgIpc) is 2.79. The first kappa shape index (κ1) is 21.3. The number of rotatable bonds is 8. The summed E-state index contributed by atoms with van der Waals surface area (Å²) in [5, 5.41) is 2.80. The van der Waals surface area contributed by atoms with E-state index in [1.807, 2.05) is 18.2 Å². The summed E-state index contributed by atoms with van der Waals surface area (Å²) < 4.78 is 32.3. The number of hydrogen-bond acceptors (Lipinski definition) is 5. The summed E-state index contributed by atoms with van der Waals surface area (Å²) in [6.07, 6.45) is 2.29. The van der Waals surface area contributed by atoms with Crippen molar-refractivity contribution >= 4 is 21.6 Å². The van der Waals surface area contributed by atoms with Gasteiger partial charge in [-0.05, 0) is 54.6 Å². The second-order valence-corrected chi connectivity index (χ2v) is 8.49. The van der Waals surface area contributed by atoms with Gasteiger partial charge in [-0.1, -0.05) is 12.1 Å². The predicted octanol–water partition coefficient (Wildman–Crippen LogP) is 2.89. The number of aromatic nitrogens is 1. The van der Waals surface area contributed by atoms with Gasteiger partial charge in [0.1, 0.15) is 5.75 Å². The van der Waals surface area contributed by atoms with Crippen LogP contribution in [0.25, 0.3) is 0 Å². The standard InChI is InChI=1S/C22H23N3O4S/c1-25(19-9-11-20(29-2)12-10-19)30(27,28)21-8-5-6-17(16-21)22(26)24-15-13-18-7-3-4-14-23-18/h3-12,14,16H,13,15H2,1-2H3,(H,24,26). The topological polar surface area (TPSA) is 88.6 Å². The van der Waals surface area contributed by atoms with Gasteiger partial charge in [-0.2, -0.15) is 0 Å². The number of nitrogens with one attached hydrogen (secondary N) is 1. The largest absolute Gasteiger partial charge is 0.497 e. The zero-order chi connectivity index (χ0) is 21.6. The van der Waals surface area contributed by atoms with Gasteiger partial charge in [0, 0.05) is 37.5 Å². The Morgan fingerprint density at radius 1 is 1.07 bits per heavy atom. The molecule has 0 aliphatic heterocycles. The lowest BCUT2D eigenvalue weighted by Crippen LogP contribution is -2.28. The molecule has 7 nitrogen and oxygen atoms in total. The Morgan fingerprint density at radius 3 is 2.50 bits per heavy atom. The Kier molecular flexibility index (Phi) is 6.68. The average molecular weight is 426 g/mol. The summed E-state index contributed by atoms with van der Waals surface area (Å²) in [5.74, 6) is 0.295. The zero-order valence-electron chi connectivity index (χ0n) is 16.8. The van der Waals surface area contributed by atoms with E-state index in [2.05, 4.69) is 10.3 Å². The lowest BCUT2D eigenvalue weighted by atomic mass is 10.2. The number of pyridine rings is 1. The Hall–Kier alpha value is -3.39. The number of nitrogens with zero attached hydrogens (tertiary/aromatic N) is 2. The molecule has 0 atom stereocenters. The van der Waals surface area contributed by atoms with Crippen molar-refractivity contribution in [1.29, 1.82) is 0 Å². The third-order valence-corrected chi connectivity index (χ3v) is 6.37. The van der Waals surface area contributed by atoms with Crippen LogP contribution >= 0.6 is 0 Å². The lowest BCUT2D eigenvalue weighted by Gasteiger charge is -2.20. The Balaban J connectivity index is 1.71. The number of amides is 1. The molecule has 30 heavy (non-hydrogen) atoms. The highest BCUT2D eigenvalue weighted by Crippen LogP contribution is 2.24. The van der Waals surface area contributed by atoms with Gasteiger partial charge in [0.15, 0.2) is 0 Å². The fraction of sp³-hybridized carbons (Fsp3) is 0.182. The molecule has 1 aromatic heterocycles. The van der Waals surface area contributed by atoms with E-state index >= 15 is 0 Å². The molecule has 0 saturated heterocycles. The second kappa shape index (κ2) is 9.41. The fourth-order valence-corrected chi connectivity index (χ4v) is 4.08. The van der Waals surface area contributed by atoms with E-state index in [1.165, 1.54) is 23.5 Å². The molecule has 3 rings (SSSR count). The van der Waals surface area contributed by atoms with E-state index in [0.717, 1.165) is 5.69 Å². The van der Waals surface area contributed by atoms with Crippen LogP contribution in [-0.2, 0) is 16.4 Å². The number of carbonyl (C=O) groups is 1. The Bertz CT molecular complexity index is 1100. The molecule has 2 aromatic carbocycles. The van der Waals surface area contributed by atoms with E-state index in [0.29, 0.717) is 24.4 Å². The molecule has 1 heterocycles. The molecule has 3 aromatic rings. The molecule has 0 bridgehead atoms. The molecule has 0 radical (unpaired) electrons. The molecular formula is C22H23N3O4S. The van der Waals surface area contributed by atoms with Crippen LogP contribution in [0.15, 0.2) is 77.8 Å². The highest BCUT2D eigenvalue weighted by molar-refractivity contribution is 7.92. The van der Waals surface area contributed by atoms with Crippen molar-refractivity contribution in [2.24, 2.45) is 0 Å². The third kappa shape index (κ3) is 4.96. The molecule has 8 heteroatoms. The normalized spacial score (nSPS) is 11.0. The first-order chi connectivity index (χ1) is 14.4. The number of benzene rings is 2. The zero-order valence-corrected chi connectivity index (χ0v) is 17.6. The molecule has 1 amide bonds. The minimum Gasteiger partial charge on any atom is -0.497 e.